The van der Waals surface area contributed by atoms with E-state index >= 15 is 0 Å². The molecule has 2 aromatic rings. The third kappa shape index (κ3) is 2.98. The number of H-pyrrole nitrogens is 1. The first-order valence-electron chi connectivity index (χ1n) is 6.74. The van der Waals surface area contributed by atoms with Crippen LogP contribution in [0.15, 0.2) is 24.3 Å². The highest BCUT2D eigenvalue weighted by atomic mass is 16.1. The zero-order chi connectivity index (χ0) is 14.0. The van der Waals surface area contributed by atoms with E-state index in [1.807, 2.05) is 6.07 Å². The van der Waals surface area contributed by atoms with Crippen LogP contribution < -0.4 is 5.32 Å². The fraction of sp³-hybridized carbons (Fsp3) is 0.438. The molecule has 1 aromatic carbocycles. The highest BCUT2D eigenvalue weighted by Gasteiger charge is 2.21. The van der Waals surface area contributed by atoms with E-state index < -0.39 is 0 Å². The maximum absolute atomic E-state index is 11.0. The molecule has 3 nitrogen and oxygen atoms in total. The van der Waals surface area contributed by atoms with Crippen molar-refractivity contribution in [1.82, 2.24) is 10.3 Å². The average molecular weight is 258 g/mol. The van der Waals surface area contributed by atoms with Gasteiger partial charge in [-0.25, -0.2) is 0 Å². The van der Waals surface area contributed by atoms with Gasteiger partial charge in [-0.15, -0.1) is 0 Å². The van der Waals surface area contributed by atoms with Crippen LogP contribution in [-0.4, -0.2) is 17.4 Å². The molecule has 0 bridgehead atoms. The Bertz CT molecular complexity index is 590. The van der Waals surface area contributed by atoms with E-state index in [-0.39, 0.29) is 11.3 Å². The second-order valence-corrected chi connectivity index (χ2v) is 6.01. The number of carbonyl (C=O) groups excluding carboxylic acids is 1. The molecule has 0 spiro atoms. The normalized spacial score (nSPS) is 11.8. The van der Waals surface area contributed by atoms with Gasteiger partial charge < -0.3 is 10.3 Å². The number of hydrogen-bond donors (Lipinski definition) is 2. The zero-order valence-electron chi connectivity index (χ0n) is 12.1. The Morgan fingerprint density at radius 3 is 2.58 bits per heavy atom. The molecule has 2 N–H and O–H groups in total. The van der Waals surface area contributed by atoms with Crippen molar-refractivity contribution >= 4 is 16.8 Å². The Hall–Kier alpha value is -1.77. The Labute approximate surface area is 114 Å². The van der Waals surface area contributed by atoms with Crippen molar-refractivity contribution < 1.29 is 4.79 Å². The summed E-state index contributed by atoms with van der Waals surface area (Å²) in [5.41, 5.74) is 3.83. The van der Waals surface area contributed by atoms with Crippen LogP contribution in [0.3, 0.4) is 0 Å². The maximum Gasteiger partial charge on any atom is 0.216 e. The lowest BCUT2D eigenvalue weighted by Crippen LogP contribution is -2.23. The first kappa shape index (κ1) is 13.7. The van der Waals surface area contributed by atoms with Crippen LogP contribution >= 0.6 is 0 Å². The molecule has 0 saturated carbocycles. The van der Waals surface area contributed by atoms with E-state index in [0.717, 1.165) is 6.42 Å². The standard InChI is InChI=1S/C16H22N2O/c1-11(19)17-10-9-13-12-7-5-6-8-14(12)18-15(13)16(2,3)4/h5-8,18H,9-10H2,1-4H3,(H,17,19). The first-order chi connectivity index (χ1) is 8.89. The van der Waals surface area contributed by atoms with Gasteiger partial charge in [-0.05, 0) is 18.1 Å². The van der Waals surface area contributed by atoms with Gasteiger partial charge in [-0.2, -0.15) is 0 Å². The molecule has 0 aliphatic heterocycles. The number of benzene rings is 1. The van der Waals surface area contributed by atoms with Crippen LogP contribution in [0.4, 0.5) is 0 Å². The summed E-state index contributed by atoms with van der Waals surface area (Å²) in [6.45, 7) is 8.86. The number of hydrogen-bond acceptors (Lipinski definition) is 1. The molecule has 0 fully saturated rings. The Morgan fingerprint density at radius 2 is 1.95 bits per heavy atom. The summed E-state index contributed by atoms with van der Waals surface area (Å²) >= 11 is 0. The van der Waals surface area contributed by atoms with Crippen LogP contribution in [0.25, 0.3) is 10.9 Å². The number of carbonyl (C=O) groups is 1. The van der Waals surface area contributed by atoms with Gasteiger partial charge in [0.1, 0.15) is 0 Å². The number of rotatable bonds is 3. The minimum absolute atomic E-state index is 0.0251. The molecule has 19 heavy (non-hydrogen) atoms. The van der Waals surface area contributed by atoms with Gasteiger partial charge >= 0.3 is 0 Å². The Kier molecular flexibility index (Phi) is 3.65. The molecular weight excluding hydrogens is 236 g/mol. The van der Waals surface area contributed by atoms with Crippen molar-refractivity contribution in [3.05, 3.63) is 35.5 Å². The summed E-state index contributed by atoms with van der Waals surface area (Å²) in [6, 6.07) is 8.35. The number of fused-ring (bicyclic) bond motifs is 1. The van der Waals surface area contributed by atoms with Gasteiger partial charge in [-0.1, -0.05) is 39.0 Å². The maximum atomic E-state index is 11.0. The molecule has 102 valence electrons. The van der Waals surface area contributed by atoms with E-state index in [0.29, 0.717) is 6.54 Å². The molecule has 0 unspecified atom stereocenters. The third-order valence-corrected chi connectivity index (χ3v) is 3.31. The molecule has 1 amide bonds. The molecule has 1 heterocycles. The van der Waals surface area contributed by atoms with Crippen molar-refractivity contribution in [2.24, 2.45) is 0 Å². The Balaban J connectivity index is 2.40. The Morgan fingerprint density at radius 1 is 1.26 bits per heavy atom. The lowest BCUT2D eigenvalue weighted by molar-refractivity contribution is -0.118. The lowest BCUT2D eigenvalue weighted by Gasteiger charge is -2.19. The smallest absolute Gasteiger partial charge is 0.216 e. The fourth-order valence-electron chi connectivity index (χ4n) is 2.46. The number of aromatic amines is 1. The van der Waals surface area contributed by atoms with Gasteiger partial charge in [0.25, 0.3) is 0 Å². The molecule has 3 heteroatoms. The predicted molar refractivity (Wildman–Crippen MR) is 79.4 cm³/mol. The van der Waals surface area contributed by atoms with Gasteiger partial charge in [-0.3, -0.25) is 4.79 Å². The highest BCUT2D eigenvalue weighted by molar-refractivity contribution is 5.85. The monoisotopic (exact) mass is 258 g/mol. The summed E-state index contributed by atoms with van der Waals surface area (Å²) in [7, 11) is 0. The van der Waals surface area contributed by atoms with Gasteiger partial charge in [0.05, 0.1) is 0 Å². The SMILES string of the molecule is CC(=O)NCCc1c(C(C)(C)C)[nH]c2ccccc12. The molecule has 2 rings (SSSR count). The third-order valence-electron chi connectivity index (χ3n) is 3.31. The van der Waals surface area contributed by atoms with Crippen molar-refractivity contribution in [3.63, 3.8) is 0 Å². The van der Waals surface area contributed by atoms with Crippen molar-refractivity contribution in [1.29, 1.82) is 0 Å². The topological polar surface area (TPSA) is 44.9 Å². The first-order valence-corrected chi connectivity index (χ1v) is 6.74. The van der Waals surface area contributed by atoms with E-state index in [1.165, 1.54) is 22.2 Å². The number of nitrogens with one attached hydrogen (secondary N) is 2. The fourth-order valence-corrected chi connectivity index (χ4v) is 2.46. The van der Waals surface area contributed by atoms with Crippen LogP contribution in [0, 0.1) is 0 Å². The molecule has 0 saturated heterocycles. The number of aromatic nitrogens is 1. The van der Waals surface area contributed by atoms with E-state index in [1.54, 1.807) is 6.92 Å². The molecular formula is C16H22N2O. The lowest BCUT2D eigenvalue weighted by atomic mass is 9.88. The van der Waals surface area contributed by atoms with E-state index in [2.05, 4.69) is 49.3 Å². The minimum Gasteiger partial charge on any atom is -0.358 e. The summed E-state index contributed by atoms with van der Waals surface area (Å²) in [4.78, 5) is 14.5. The van der Waals surface area contributed by atoms with Crippen molar-refractivity contribution in [2.45, 2.75) is 39.5 Å². The molecule has 1 aromatic heterocycles. The van der Waals surface area contributed by atoms with Crippen molar-refractivity contribution in [2.75, 3.05) is 6.54 Å². The van der Waals surface area contributed by atoms with Gasteiger partial charge in [0, 0.05) is 35.5 Å². The number of amides is 1. The van der Waals surface area contributed by atoms with Crippen LogP contribution in [0.5, 0.6) is 0 Å². The molecule has 0 aliphatic rings. The van der Waals surface area contributed by atoms with Gasteiger partial charge in [0.15, 0.2) is 0 Å². The largest absolute Gasteiger partial charge is 0.358 e. The van der Waals surface area contributed by atoms with Gasteiger partial charge in [0.2, 0.25) is 5.91 Å². The van der Waals surface area contributed by atoms with E-state index in [9.17, 15) is 4.79 Å². The van der Waals surface area contributed by atoms with Crippen LogP contribution in [0.1, 0.15) is 39.0 Å². The zero-order valence-corrected chi connectivity index (χ0v) is 12.1. The van der Waals surface area contributed by atoms with Crippen LogP contribution in [-0.2, 0) is 16.6 Å². The van der Waals surface area contributed by atoms with E-state index in [4.69, 9.17) is 0 Å². The quantitative estimate of drug-likeness (QED) is 0.872. The predicted octanol–water partition coefficient (Wildman–Crippen LogP) is 3.14. The van der Waals surface area contributed by atoms with Crippen molar-refractivity contribution in [3.8, 4) is 0 Å². The average Bonchev–Trinajstić information content (AvgIpc) is 2.68. The summed E-state index contributed by atoms with van der Waals surface area (Å²) < 4.78 is 0. The second kappa shape index (κ2) is 5.08. The molecule has 0 atom stereocenters. The minimum atomic E-state index is 0.0251. The molecule has 0 aliphatic carbocycles. The number of para-hydroxylation sites is 1. The second-order valence-electron chi connectivity index (χ2n) is 6.01. The van der Waals surface area contributed by atoms with Crippen LogP contribution in [0.2, 0.25) is 0 Å². The molecule has 0 radical (unpaired) electrons. The summed E-state index contributed by atoms with van der Waals surface area (Å²) in [5, 5.41) is 4.14. The highest BCUT2D eigenvalue weighted by Crippen LogP contribution is 2.31. The summed E-state index contributed by atoms with van der Waals surface area (Å²) in [6.07, 6.45) is 0.857. The summed E-state index contributed by atoms with van der Waals surface area (Å²) in [5.74, 6) is 0.0251.